The monoisotopic (exact) mass is 373 g/mol. The molecule has 0 fully saturated rings. The lowest BCUT2D eigenvalue weighted by Gasteiger charge is -2.31. The third-order valence-corrected chi connectivity index (χ3v) is 4.63. The van der Waals surface area contributed by atoms with Gasteiger partial charge in [0.25, 0.3) is 0 Å². The fraction of sp³-hybridized carbons (Fsp3) is 0.133. The molecule has 0 radical (unpaired) electrons. The number of hydrogen-bond donors (Lipinski definition) is 2. The first-order valence-corrected chi connectivity index (χ1v) is 7.40. The molecule has 1 amide bonds. The fourth-order valence-corrected chi connectivity index (χ4v) is 3.60. The summed E-state index contributed by atoms with van der Waals surface area (Å²) in [6, 6.07) is 7.04. The minimum Gasteiger partial charge on any atom is -0.454 e. The lowest BCUT2D eigenvalue weighted by atomic mass is 9.68. The number of ether oxygens (including phenoxy) is 2. The van der Waals surface area contributed by atoms with Crippen LogP contribution in [0.15, 0.2) is 45.5 Å². The first kappa shape index (κ1) is 13.8. The largest absolute Gasteiger partial charge is 0.454 e. The SMILES string of the molecule is N#CC1=C(N)OC2=C(C(=O)OC2)C12C(=O)Nc1ccc(Br)cc12. The highest BCUT2D eigenvalue weighted by Gasteiger charge is 2.61. The number of amides is 1. The van der Waals surface area contributed by atoms with Gasteiger partial charge in [-0.3, -0.25) is 4.79 Å². The first-order chi connectivity index (χ1) is 11.0. The van der Waals surface area contributed by atoms with E-state index in [2.05, 4.69) is 21.2 Å². The summed E-state index contributed by atoms with van der Waals surface area (Å²) in [7, 11) is 0. The summed E-state index contributed by atoms with van der Waals surface area (Å²) in [4.78, 5) is 25.1. The van der Waals surface area contributed by atoms with Crippen molar-refractivity contribution in [1.29, 1.82) is 5.26 Å². The van der Waals surface area contributed by atoms with Crippen LogP contribution >= 0.6 is 15.9 Å². The number of esters is 1. The molecule has 3 heterocycles. The topological polar surface area (TPSA) is 114 Å². The van der Waals surface area contributed by atoms with Crippen LogP contribution in [0.1, 0.15) is 5.56 Å². The Hall–Kier alpha value is -2.79. The Bertz CT molecular complexity index is 912. The van der Waals surface area contributed by atoms with Gasteiger partial charge in [0.2, 0.25) is 11.8 Å². The van der Waals surface area contributed by atoms with Crippen molar-refractivity contribution in [1.82, 2.24) is 0 Å². The number of nitrogens with zero attached hydrogens (tertiary/aromatic N) is 1. The summed E-state index contributed by atoms with van der Waals surface area (Å²) in [5, 5.41) is 12.3. The molecular weight excluding hydrogens is 366 g/mol. The molecule has 0 aliphatic carbocycles. The molecule has 3 aliphatic heterocycles. The summed E-state index contributed by atoms with van der Waals surface area (Å²) < 4.78 is 11.0. The maximum Gasteiger partial charge on any atom is 0.339 e. The van der Waals surface area contributed by atoms with Crippen LogP contribution in [0.3, 0.4) is 0 Å². The van der Waals surface area contributed by atoms with E-state index in [1.165, 1.54) is 0 Å². The van der Waals surface area contributed by atoms with Gasteiger partial charge in [0, 0.05) is 15.7 Å². The molecule has 0 saturated carbocycles. The van der Waals surface area contributed by atoms with Gasteiger partial charge in [0.05, 0.1) is 0 Å². The van der Waals surface area contributed by atoms with Crippen LogP contribution in [0.4, 0.5) is 5.69 Å². The number of carbonyl (C=O) groups is 2. The minimum atomic E-state index is -1.64. The average Bonchev–Trinajstić information content (AvgIpc) is 3.00. The zero-order valence-corrected chi connectivity index (χ0v) is 13.1. The number of benzene rings is 1. The lowest BCUT2D eigenvalue weighted by molar-refractivity contribution is -0.137. The van der Waals surface area contributed by atoms with Gasteiger partial charge < -0.3 is 20.5 Å². The molecule has 1 aromatic rings. The van der Waals surface area contributed by atoms with Crippen molar-refractivity contribution in [3.63, 3.8) is 0 Å². The van der Waals surface area contributed by atoms with Crippen molar-refractivity contribution >= 4 is 33.5 Å². The molecule has 0 saturated heterocycles. The van der Waals surface area contributed by atoms with Gasteiger partial charge >= 0.3 is 5.97 Å². The number of halogens is 1. The van der Waals surface area contributed by atoms with Crippen molar-refractivity contribution in [2.45, 2.75) is 5.41 Å². The van der Waals surface area contributed by atoms with Gasteiger partial charge in [-0.05, 0) is 18.2 Å². The predicted octanol–water partition coefficient (Wildman–Crippen LogP) is 1.17. The second-order valence-electron chi connectivity index (χ2n) is 5.22. The number of fused-ring (bicyclic) bond motifs is 3. The molecule has 1 spiro atoms. The van der Waals surface area contributed by atoms with E-state index in [0.717, 1.165) is 0 Å². The summed E-state index contributed by atoms with van der Waals surface area (Å²) in [5.41, 5.74) is 5.07. The van der Waals surface area contributed by atoms with E-state index >= 15 is 0 Å². The van der Waals surface area contributed by atoms with E-state index in [9.17, 15) is 14.9 Å². The van der Waals surface area contributed by atoms with Crippen LogP contribution in [-0.2, 0) is 24.5 Å². The van der Waals surface area contributed by atoms with Gasteiger partial charge in [0.1, 0.15) is 23.8 Å². The van der Waals surface area contributed by atoms with E-state index in [0.29, 0.717) is 15.7 Å². The highest BCUT2D eigenvalue weighted by atomic mass is 79.9. The molecule has 1 atom stereocenters. The van der Waals surface area contributed by atoms with Crippen molar-refractivity contribution in [2.24, 2.45) is 5.73 Å². The number of rotatable bonds is 0. The summed E-state index contributed by atoms with van der Waals surface area (Å²) in [5.74, 6) is -1.26. The molecule has 0 aromatic heterocycles. The molecule has 1 unspecified atom stereocenters. The third kappa shape index (κ3) is 1.52. The second kappa shape index (κ2) is 4.36. The van der Waals surface area contributed by atoms with Crippen LogP contribution in [0.2, 0.25) is 0 Å². The molecule has 4 rings (SSSR count). The van der Waals surface area contributed by atoms with E-state index in [-0.39, 0.29) is 29.4 Å². The number of hydrogen-bond acceptors (Lipinski definition) is 6. The van der Waals surface area contributed by atoms with Crippen LogP contribution in [0.5, 0.6) is 0 Å². The van der Waals surface area contributed by atoms with Gasteiger partial charge in [-0.25, -0.2) is 4.79 Å². The maximum atomic E-state index is 12.9. The molecule has 7 nitrogen and oxygen atoms in total. The molecule has 114 valence electrons. The molecule has 3 N–H and O–H groups in total. The summed E-state index contributed by atoms with van der Waals surface area (Å²) >= 11 is 3.35. The normalized spacial score (nSPS) is 24.9. The Balaban J connectivity index is 2.14. The summed E-state index contributed by atoms with van der Waals surface area (Å²) in [6.07, 6.45) is 0. The average molecular weight is 374 g/mol. The van der Waals surface area contributed by atoms with E-state index in [1.54, 1.807) is 18.2 Å². The molecule has 1 aromatic carbocycles. The maximum absolute atomic E-state index is 12.9. The molecule has 23 heavy (non-hydrogen) atoms. The highest BCUT2D eigenvalue weighted by molar-refractivity contribution is 9.10. The standard InChI is InChI=1S/C15H8BrN3O4/c16-6-1-2-9-7(3-6)15(14(21)19-9)8(4-17)12(18)23-10-5-22-13(20)11(10)15/h1-3H,5,18H2,(H,19,21). The smallest absolute Gasteiger partial charge is 0.339 e. The van der Waals surface area contributed by atoms with Crippen molar-refractivity contribution in [3.05, 3.63) is 51.0 Å². The number of nitrogens with one attached hydrogen (secondary N) is 1. The Kier molecular flexibility index (Phi) is 2.63. The zero-order chi connectivity index (χ0) is 16.4. The quantitative estimate of drug-likeness (QED) is 0.659. The highest BCUT2D eigenvalue weighted by Crippen LogP contribution is 2.53. The molecule has 0 bridgehead atoms. The number of nitrogens with two attached hydrogens (primary N) is 1. The zero-order valence-electron chi connectivity index (χ0n) is 11.5. The first-order valence-electron chi connectivity index (χ1n) is 6.60. The third-order valence-electron chi connectivity index (χ3n) is 4.13. The number of nitriles is 1. The van der Waals surface area contributed by atoms with Crippen LogP contribution in [0.25, 0.3) is 0 Å². The van der Waals surface area contributed by atoms with Crippen molar-refractivity contribution in [3.8, 4) is 6.07 Å². The van der Waals surface area contributed by atoms with Gasteiger partial charge in [-0.15, -0.1) is 0 Å². The van der Waals surface area contributed by atoms with Gasteiger partial charge in [-0.1, -0.05) is 15.9 Å². The molecule has 3 aliphatic rings. The number of cyclic esters (lactones) is 1. The molecule has 8 heteroatoms. The number of carbonyl (C=O) groups excluding carboxylic acids is 2. The Morgan fingerprint density at radius 2 is 2.17 bits per heavy atom. The van der Waals surface area contributed by atoms with E-state index < -0.39 is 17.3 Å². The predicted molar refractivity (Wildman–Crippen MR) is 80.3 cm³/mol. The van der Waals surface area contributed by atoms with Gasteiger partial charge in [0.15, 0.2) is 11.2 Å². The van der Waals surface area contributed by atoms with Crippen LogP contribution in [-0.4, -0.2) is 18.5 Å². The number of anilines is 1. The Labute approximate surface area is 138 Å². The lowest BCUT2D eigenvalue weighted by Crippen LogP contribution is -2.44. The van der Waals surface area contributed by atoms with E-state index in [1.807, 2.05) is 6.07 Å². The summed E-state index contributed by atoms with van der Waals surface area (Å²) in [6.45, 7) is -0.119. The van der Waals surface area contributed by atoms with Crippen molar-refractivity contribution < 1.29 is 19.1 Å². The fourth-order valence-electron chi connectivity index (χ4n) is 3.23. The second-order valence-corrected chi connectivity index (χ2v) is 6.14. The Morgan fingerprint density at radius 3 is 2.91 bits per heavy atom. The van der Waals surface area contributed by atoms with Gasteiger partial charge in [-0.2, -0.15) is 5.26 Å². The van der Waals surface area contributed by atoms with Crippen molar-refractivity contribution in [2.75, 3.05) is 11.9 Å². The minimum absolute atomic E-state index is 0.0117. The molecular formula is C15H8BrN3O4. The van der Waals surface area contributed by atoms with E-state index in [4.69, 9.17) is 15.2 Å². The van der Waals surface area contributed by atoms with Crippen LogP contribution in [0, 0.1) is 11.3 Å². The Morgan fingerprint density at radius 1 is 1.39 bits per heavy atom. The van der Waals surface area contributed by atoms with Crippen LogP contribution < -0.4 is 11.1 Å².